The maximum absolute atomic E-state index is 12.2. The molecule has 0 aliphatic rings. The van der Waals surface area contributed by atoms with E-state index in [0.29, 0.717) is 6.42 Å². The topological polar surface area (TPSA) is 99.1 Å². The van der Waals surface area contributed by atoms with Gasteiger partial charge in [0.05, 0.1) is 0 Å². The van der Waals surface area contributed by atoms with Crippen LogP contribution in [0.4, 0.5) is 0 Å². The van der Waals surface area contributed by atoms with Gasteiger partial charge in [-0.15, -0.1) is 9.42 Å². The number of unbranched alkanes of at least 4 members (excludes halogenated alkanes) is 17. The van der Waals surface area contributed by atoms with Gasteiger partial charge in [-0.1, -0.05) is 122 Å². The molecule has 0 aromatic heterocycles. The molecule has 0 saturated carbocycles. The molecule has 7 nitrogen and oxygen atoms in total. The normalized spacial score (nSPS) is 12.5. The summed E-state index contributed by atoms with van der Waals surface area (Å²) in [5.74, 6) is -0.753. The Morgan fingerprint density at radius 2 is 1.15 bits per heavy atom. The molecular weight excluding hydrogens is 515 g/mol. The number of hydrogen-bond acceptors (Lipinski definition) is 6. The van der Waals surface area contributed by atoms with Crippen molar-refractivity contribution in [2.45, 2.75) is 161 Å². The fraction of sp³-hybridized carbons (Fsp3) is 0.871. The first-order valence-electron chi connectivity index (χ1n) is 15.8. The molecule has 0 aliphatic heterocycles. The van der Waals surface area contributed by atoms with Crippen molar-refractivity contribution < 1.29 is 33.0 Å². The van der Waals surface area contributed by atoms with Crippen molar-refractivity contribution in [3.63, 3.8) is 0 Å². The lowest BCUT2D eigenvalue weighted by atomic mass is 10.0. The van der Waals surface area contributed by atoms with E-state index in [1.165, 1.54) is 64.2 Å². The molecule has 0 bridgehead atoms. The highest BCUT2D eigenvalue weighted by Crippen LogP contribution is 2.17. The predicted octanol–water partition coefficient (Wildman–Crippen LogP) is 9.29. The summed E-state index contributed by atoms with van der Waals surface area (Å²) in [6.45, 7) is 3.92. The molecule has 0 fully saturated rings. The Balaban J connectivity index is 3.89. The van der Waals surface area contributed by atoms with Crippen LogP contribution in [0.3, 0.4) is 0 Å². The second-order valence-corrected chi connectivity index (χ2v) is 11.2. The van der Waals surface area contributed by atoms with Gasteiger partial charge < -0.3 is 9.47 Å². The van der Waals surface area contributed by atoms with Crippen LogP contribution in [0.15, 0.2) is 12.2 Å². The van der Waals surface area contributed by atoms with E-state index in [0.717, 1.165) is 64.2 Å². The molecule has 0 heterocycles. The van der Waals surface area contributed by atoms with E-state index in [-0.39, 0.29) is 25.6 Å². The molecule has 2 atom stereocenters. The average Bonchev–Trinajstić information content (AvgIpc) is 2.91. The average molecular weight is 574 g/mol. The second-order valence-electron chi connectivity index (χ2n) is 10.5. The van der Waals surface area contributed by atoms with E-state index < -0.39 is 20.3 Å². The molecule has 0 saturated heterocycles. The number of rotatable bonds is 29. The minimum atomic E-state index is -2.82. The predicted molar refractivity (Wildman–Crippen MR) is 159 cm³/mol. The van der Waals surface area contributed by atoms with E-state index in [9.17, 15) is 14.2 Å². The zero-order chi connectivity index (χ0) is 28.8. The highest BCUT2D eigenvalue weighted by molar-refractivity contribution is 7.32. The number of esters is 2. The van der Waals surface area contributed by atoms with Crippen LogP contribution in [0, 0.1) is 0 Å². The number of carbonyl (C=O) groups is 2. The van der Waals surface area contributed by atoms with Crippen molar-refractivity contribution in [3.8, 4) is 0 Å². The number of ether oxygens (including phenoxy) is 2. The van der Waals surface area contributed by atoms with Crippen LogP contribution in [0.5, 0.6) is 0 Å². The van der Waals surface area contributed by atoms with Gasteiger partial charge in [-0.2, -0.15) is 0 Å². The van der Waals surface area contributed by atoms with E-state index in [1.54, 1.807) is 0 Å². The third-order valence-electron chi connectivity index (χ3n) is 6.74. The zero-order valence-electron chi connectivity index (χ0n) is 25.0. The van der Waals surface area contributed by atoms with Gasteiger partial charge >= 0.3 is 20.2 Å². The summed E-state index contributed by atoms with van der Waals surface area (Å²) in [7, 11) is -2.82. The highest BCUT2D eigenvalue weighted by atomic mass is 31.1. The van der Waals surface area contributed by atoms with Crippen LogP contribution < -0.4 is 0 Å². The standard InChI is InChI=1S/C31H57O7P/c1-3-5-7-9-11-13-14-15-16-18-19-21-23-25-30(32)36-27-29(28-37-39(34)35)38-31(33)26-24-22-20-17-12-10-8-6-4-2/h6,8,29H,3-5,7,9-28H2,1-2H3/p+1/b8-6-/t29-/m0/s1. The molecule has 8 heteroatoms. The third kappa shape index (κ3) is 29.5. The van der Waals surface area contributed by atoms with Crippen molar-refractivity contribution in [1.29, 1.82) is 0 Å². The first-order valence-corrected chi connectivity index (χ1v) is 16.9. The maximum atomic E-state index is 12.2. The van der Waals surface area contributed by atoms with Crippen LogP contribution >= 0.6 is 8.25 Å². The van der Waals surface area contributed by atoms with Gasteiger partial charge in [0.1, 0.15) is 13.2 Å². The Labute approximate surface area is 239 Å². The van der Waals surface area contributed by atoms with E-state index in [1.807, 2.05) is 0 Å². The molecule has 0 aliphatic carbocycles. The Kier molecular flexibility index (Phi) is 28.7. The van der Waals surface area contributed by atoms with Gasteiger partial charge in [-0.05, 0) is 32.1 Å². The van der Waals surface area contributed by atoms with Crippen LogP contribution in [-0.4, -0.2) is 36.1 Å². The van der Waals surface area contributed by atoms with Gasteiger partial charge in [0.25, 0.3) is 0 Å². The molecule has 0 aromatic rings. The van der Waals surface area contributed by atoms with E-state index >= 15 is 0 Å². The smallest absolute Gasteiger partial charge is 0.462 e. The van der Waals surface area contributed by atoms with E-state index in [4.69, 9.17) is 18.9 Å². The third-order valence-corrected chi connectivity index (χ3v) is 7.11. The lowest BCUT2D eigenvalue weighted by molar-refractivity contribution is -0.161. The number of allylic oxidation sites excluding steroid dienone is 2. The second kappa shape index (κ2) is 29.7. The maximum Gasteiger partial charge on any atom is 0.694 e. The van der Waals surface area contributed by atoms with Gasteiger partial charge in [0.15, 0.2) is 6.10 Å². The van der Waals surface area contributed by atoms with Crippen molar-refractivity contribution in [2.24, 2.45) is 0 Å². The minimum absolute atomic E-state index is 0.169. The summed E-state index contributed by atoms with van der Waals surface area (Å²) in [5.41, 5.74) is 0. The summed E-state index contributed by atoms with van der Waals surface area (Å²) >= 11 is 0. The number of hydrogen-bond donors (Lipinski definition) is 1. The molecule has 1 N–H and O–H groups in total. The van der Waals surface area contributed by atoms with Crippen LogP contribution in [0.2, 0.25) is 0 Å². The molecular formula is C31H58O7P+. The first kappa shape index (κ1) is 37.7. The summed E-state index contributed by atoms with van der Waals surface area (Å²) in [5, 5.41) is 0. The molecule has 39 heavy (non-hydrogen) atoms. The summed E-state index contributed by atoms with van der Waals surface area (Å²) < 4.78 is 26.2. The largest absolute Gasteiger partial charge is 0.694 e. The highest BCUT2D eigenvalue weighted by Gasteiger charge is 2.23. The molecule has 228 valence electrons. The van der Waals surface area contributed by atoms with Gasteiger partial charge in [0, 0.05) is 17.4 Å². The monoisotopic (exact) mass is 573 g/mol. The van der Waals surface area contributed by atoms with Gasteiger partial charge in [-0.25, -0.2) is 0 Å². The number of carbonyl (C=O) groups excluding carboxylic acids is 2. The molecule has 0 spiro atoms. The fourth-order valence-electron chi connectivity index (χ4n) is 4.40. The molecule has 0 radical (unpaired) electrons. The fourth-order valence-corrected chi connectivity index (χ4v) is 4.69. The minimum Gasteiger partial charge on any atom is -0.462 e. The Morgan fingerprint density at radius 3 is 1.67 bits per heavy atom. The van der Waals surface area contributed by atoms with Gasteiger partial charge in [0.2, 0.25) is 0 Å². The summed E-state index contributed by atoms with van der Waals surface area (Å²) in [6, 6.07) is 0. The van der Waals surface area contributed by atoms with Crippen LogP contribution in [-0.2, 0) is 28.2 Å². The molecule has 0 aromatic carbocycles. The summed E-state index contributed by atoms with van der Waals surface area (Å²) in [4.78, 5) is 33.2. The lowest BCUT2D eigenvalue weighted by Crippen LogP contribution is -2.29. The first-order chi connectivity index (χ1) is 19.0. The van der Waals surface area contributed by atoms with Crippen molar-refractivity contribution in [2.75, 3.05) is 13.2 Å². The SMILES string of the molecule is CC/C=C\CCCCCCCC(=O)O[C@@H](COC(=O)CCCCCCCCCCCCCCC)CO[P+](=O)O. The molecule has 1 unspecified atom stereocenters. The lowest BCUT2D eigenvalue weighted by Gasteiger charge is -2.15. The van der Waals surface area contributed by atoms with E-state index in [2.05, 4.69) is 26.0 Å². The Morgan fingerprint density at radius 1 is 0.667 bits per heavy atom. The molecule has 0 rings (SSSR count). The van der Waals surface area contributed by atoms with Crippen molar-refractivity contribution >= 4 is 20.2 Å². The van der Waals surface area contributed by atoms with Crippen molar-refractivity contribution in [3.05, 3.63) is 12.2 Å². The Hall–Kier alpha value is -1.30. The van der Waals surface area contributed by atoms with Crippen LogP contribution in [0.25, 0.3) is 0 Å². The van der Waals surface area contributed by atoms with Crippen LogP contribution in [0.1, 0.15) is 155 Å². The summed E-state index contributed by atoms with van der Waals surface area (Å²) in [6.07, 6.45) is 27.4. The van der Waals surface area contributed by atoms with Crippen molar-refractivity contribution in [1.82, 2.24) is 0 Å². The quantitative estimate of drug-likeness (QED) is 0.0412. The van der Waals surface area contributed by atoms with Gasteiger partial charge in [-0.3, -0.25) is 9.59 Å². The molecule has 0 amide bonds. The zero-order valence-corrected chi connectivity index (χ0v) is 25.9. The Bertz CT molecular complexity index is 624.